The van der Waals surface area contributed by atoms with Gasteiger partial charge < -0.3 is 20.1 Å². The van der Waals surface area contributed by atoms with Crippen LogP contribution < -0.4 is 20.1 Å². The third-order valence-electron chi connectivity index (χ3n) is 5.07. The molecule has 0 bridgehead atoms. The van der Waals surface area contributed by atoms with Crippen molar-refractivity contribution >= 4 is 40.7 Å². The first-order valence-electron chi connectivity index (χ1n) is 10.00. The number of fused-ring (bicyclic) bond motifs is 1. The molecule has 2 N–H and O–H groups in total. The lowest BCUT2D eigenvalue weighted by molar-refractivity contribution is 0.174. The number of aliphatic imine (C=N–C) groups is 1. The van der Waals surface area contributed by atoms with E-state index in [2.05, 4.69) is 23.6 Å². The molecule has 28 heavy (non-hydrogen) atoms. The molecular weight excluding hydrogens is 489 g/mol. The highest BCUT2D eigenvalue weighted by molar-refractivity contribution is 14.0. The minimum atomic E-state index is -0.705. The smallest absolute Gasteiger partial charge is 0.231 e. The summed E-state index contributed by atoms with van der Waals surface area (Å²) in [4.78, 5) is 4.73. The van der Waals surface area contributed by atoms with Crippen molar-refractivity contribution in [1.82, 2.24) is 10.6 Å². The fourth-order valence-electron chi connectivity index (χ4n) is 3.66. The van der Waals surface area contributed by atoms with Gasteiger partial charge in [-0.1, -0.05) is 19.4 Å². The molecule has 0 saturated heterocycles. The minimum absolute atomic E-state index is 0. The Bertz CT molecular complexity index is 687. The number of hydrogen-bond acceptors (Lipinski definition) is 4. The van der Waals surface area contributed by atoms with Crippen molar-refractivity contribution in [2.75, 3.05) is 25.6 Å². The van der Waals surface area contributed by atoms with E-state index >= 15 is 0 Å². The molecule has 1 aliphatic carbocycles. The maximum Gasteiger partial charge on any atom is 0.231 e. The quantitative estimate of drug-likeness (QED) is 0.328. The lowest BCUT2D eigenvalue weighted by Crippen LogP contribution is -2.46. The predicted molar refractivity (Wildman–Crippen MR) is 126 cm³/mol. The van der Waals surface area contributed by atoms with Gasteiger partial charge in [-0.3, -0.25) is 9.20 Å². The Kier molecular flexibility index (Phi) is 9.84. The van der Waals surface area contributed by atoms with Gasteiger partial charge in [0.2, 0.25) is 6.79 Å². The summed E-state index contributed by atoms with van der Waals surface area (Å²) in [6.45, 7) is 5.91. The lowest BCUT2D eigenvalue weighted by Gasteiger charge is -2.30. The molecule has 158 valence electrons. The molecule has 1 aromatic rings. The van der Waals surface area contributed by atoms with Crippen molar-refractivity contribution < 1.29 is 13.7 Å². The van der Waals surface area contributed by atoms with E-state index in [9.17, 15) is 4.21 Å². The van der Waals surface area contributed by atoms with Crippen LogP contribution >= 0.6 is 24.0 Å². The molecule has 0 amide bonds. The number of nitrogens with one attached hydrogen (secondary N) is 2. The summed E-state index contributed by atoms with van der Waals surface area (Å²) in [6.07, 6.45) is 5.14. The third kappa shape index (κ3) is 6.50. The highest BCUT2D eigenvalue weighted by Gasteiger charge is 2.26. The molecule has 3 unspecified atom stereocenters. The molecule has 2 aliphatic rings. The van der Waals surface area contributed by atoms with Gasteiger partial charge in [-0.05, 0) is 50.3 Å². The maximum absolute atomic E-state index is 12.2. The fraction of sp³-hybridized carbons (Fsp3) is 0.650. The second kappa shape index (κ2) is 11.8. The van der Waals surface area contributed by atoms with Crippen molar-refractivity contribution in [3.63, 3.8) is 0 Å². The van der Waals surface area contributed by atoms with E-state index in [1.807, 2.05) is 19.1 Å². The van der Waals surface area contributed by atoms with E-state index in [0.29, 0.717) is 24.6 Å². The summed E-state index contributed by atoms with van der Waals surface area (Å²) in [5, 5.41) is 7.21. The van der Waals surface area contributed by atoms with E-state index in [-0.39, 0.29) is 24.0 Å². The molecule has 8 heteroatoms. The van der Waals surface area contributed by atoms with E-state index < -0.39 is 10.8 Å². The zero-order valence-corrected chi connectivity index (χ0v) is 19.9. The Hall–Kier alpha value is -1.03. The first kappa shape index (κ1) is 23.3. The van der Waals surface area contributed by atoms with Crippen LogP contribution in [0.1, 0.15) is 45.1 Å². The fourth-order valence-corrected chi connectivity index (χ4v) is 5.01. The second-order valence-corrected chi connectivity index (χ2v) is 9.00. The summed E-state index contributed by atoms with van der Waals surface area (Å²) in [5.74, 6) is 3.24. The van der Waals surface area contributed by atoms with Gasteiger partial charge in [0, 0.05) is 40.9 Å². The Balaban J connectivity index is 0.00000280. The van der Waals surface area contributed by atoms with Crippen LogP contribution in [-0.4, -0.2) is 47.1 Å². The average molecular weight is 521 g/mol. The van der Waals surface area contributed by atoms with E-state index in [0.717, 1.165) is 61.9 Å². The Morgan fingerprint density at radius 2 is 2.07 bits per heavy atom. The zero-order chi connectivity index (χ0) is 19.1. The molecule has 0 radical (unpaired) electrons. The van der Waals surface area contributed by atoms with Crippen LogP contribution in [0, 0.1) is 0 Å². The number of benzene rings is 1. The molecule has 1 saturated carbocycles. The molecule has 3 rings (SSSR count). The molecule has 6 nitrogen and oxygen atoms in total. The molecule has 1 aromatic carbocycles. The van der Waals surface area contributed by atoms with Gasteiger partial charge in [0.15, 0.2) is 17.5 Å². The van der Waals surface area contributed by atoms with Crippen LogP contribution in [0.3, 0.4) is 0 Å². The first-order chi connectivity index (χ1) is 13.2. The van der Waals surface area contributed by atoms with Crippen LogP contribution in [0.25, 0.3) is 0 Å². The van der Waals surface area contributed by atoms with Gasteiger partial charge in [0.1, 0.15) is 0 Å². The third-order valence-corrected chi connectivity index (χ3v) is 6.82. The van der Waals surface area contributed by atoms with Gasteiger partial charge in [-0.25, -0.2) is 0 Å². The zero-order valence-electron chi connectivity index (χ0n) is 16.7. The predicted octanol–water partition coefficient (Wildman–Crippen LogP) is 3.21. The van der Waals surface area contributed by atoms with Gasteiger partial charge in [0.25, 0.3) is 0 Å². The molecule has 1 heterocycles. The van der Waals surface area contributed by atoms with Crippen molar-refractivity contribution in [3.05, 3.63) is 23.8 Å². The van der Waals surface area contributed by atoms with Crippen molar-refractivity contribution in [2.45, 2.75) is 57.2 Å². The molecule has 1 aliphatic heterocycles. The number of nitrogens with zero attached hydrogens (tertiary/aromatic N) is 1. The molecule has 1 fully saturated rings. The molecular formula is C20H32IN3O3S. The Labute approximate surface area is 187 Å². The largest absolute Gasteiger partial charge is 0.454 e. The van der Waals surface area contributed by atoms with Crippen LogP contribution in [0.5, 0.6) is 11.5 Å². The van der Waals surface area contributed by atoms with E-state index in [4.69, 9.17) is 14.5 Å². The highest BCUT2D eigenvalue weighted by atomic mass is 127. The monoisotopic (exact) mass is 521 g/mol. The van der Waals surface area contributed by atoms with Crippen LogP contribution in [-0.2, 0) is 17.2 Å². The number of rotatable bonds is 7. The number of ether oxygens (including phenoxy) is 2. The lowest BCUT2D eigenvalue weighted by atomic mass is 9.95. The van der Waals surface area contributed by atoms with E-state index in [1.165, 1.54) is 5.56 Å². The SMILES string of the molecule is CCNC(=NCCc1ccc2c(c1)OCO2)NC1CCCC(S(=O)CC)C1.I. The topological polar surface area (TPSA) is 72.0 Å². The van der Waals surface area contributed by atoms with Crippen LogP contribution in [0.15, 0.2) is 23.2 Å². The number of hydrogen-bond donors (Lipinski definition) is 2. The number of guanidine groups is 1. The summed E-state index contributed by atoms with van der Waals surface area (Å²) < 4.78 is 22.9. The van der Waals surface area contributed by atoms with Crippen molar-refractivity contribution in [2.24, 2.45) is 4.99 Å². The summed E-state index contributed by atoms with van der Waals surface area (Å²) >= 11 is 0. The van der Waals surface area contributed by atoms with Gasteiger partial charge in [-0.2, -0.15) is 0 Å². The van der Waals surface area contributed by atoms with Crippen LogP contribution in [0.4, 0.5) is 0 Å². The standard InChI is InChI=1S/C20H31N3O3S.HI/c1-3-21-20(23-16-6-5-7-17(13-16)27(24)4-2)22-11-10-15-8-9-18-19(12-15)26-14-25-18;/h8-9,12,16-17H,3-7,10-11,13-14H2,1-2H3,(H2,21,22,23);1H. The average Bonchev–Trinajstić information content (AvgIpc) is 3.15. The molecule has 3 atom stereocenters. The first-order valence-corrected chi connectivity index (χ1v) is 11.4. The summed E-state index contributed by atoms with van der Waals surface area (Å²) in [5.41, 5.74) is 1.19. The molecule has 0 spiro atoms. The minimum Gasteiger partial charge on any atom is -0.454 e. The Morgan fingerprint density at radius 1 is 1.25 bits per heavy atom. The second-order valence-electron chi connectivity index (χ2n) is 7.00. The highest BCUT2D eigenvalue weighted by Crippen LogP contribution is 2.32. The van der Waals surface area contributed by atoms with Gasteiger partial charge in [-0.15, -0.1) is 24.0 Å². The maximum atomic E-state index is 12.2. The summed E-state index contributed by atoms with van der Waals surface area (Å²) in [7, 11) is -0.705. The van der Waals surface area contributed by atoms with Crippen LogP contribution in [0.2, 0.25) is 0 Å². The van der Waals surface area contributed by atoms with Crippen molar-refractivity contribution in [1.29, 1.82) is 0 Å². The normalized spacial score (nSPS) is 22.3. The number of halogens is 1. The van der Waals surface area contributed by atoms with Gasteiger partial charge in [0.05, 0.1) is 0 Å². The molecule has 0 aromatic heterocycles. The van der Waals surface area contributed by atoms with Crippen molar-refractivity contribution in [3.8, 4) is 11.5 Å². The summed E-state index contributed by atoms with van der Waals surface area (Å²) in [6, 6.07) is 6.41. The van der Waals surface area contributed by atoms with E-state index in [1.54, 1.807) is 0 Å². The Morgan fingerprint density at radius 3 is 2.86 bits per heavy atom. The van der Waals surface area contributed by atoms with Gasteiger partial charge >= 0.3 is 0 Å².